The first kappa shape index (κ1) is 20.3. The van der Waals surface area contributed by atoms with Crippen LogP contribution in [0.4, 0.5) is 8.78 Å². The lowest BCUT2D eigenvalue weighted by atomic mass is 9.63. The van der Waals surface area contributed by atoms with Gasteiger partial charge >= 0.3 is 0 Å². The summed E-state index contributed by atoms with van der Waals surface area (Å²) >= 11 is 0. The Morgan fingerprint density at radius 1 is 1.00 bits per heavy atom. The largest absolute Gasteiger partial charge is 0.205 e. The van der Waals surface area contributed by atoms with Gasteiger partial charge in [-0.05, 0) is 72.8 Å². The average molecular weight is 396 g/mol. The van der Waals surface area contributed by atoms with Crippen molar-refractivity contribution in [1.82, 2.24) is 0 Å². The number of halogens is 2. The van der Waals surface area contributed by atoms with Gasteiger partial charge in [0.25, 0.3) is 0 Å². The van der Waals surface area contributed by atoms with Crippen LogP contribution in [0.25, 0.3) is 10.8 Å². The van der Waals surface area contributed by atoms with Crippen LogP contribution >= 0.6 is 0 Å². The van der Waals surface area contributed by atoms with E-state index in [4.69, 9.17) is 5.26 Å². The molecule has 2 aromatic rings. The topological polar surface area (TPSA) is 23.8 Å². The SMILES string of the molecule is CCCCCC1CCC2CC(c3ccc4c(F)c(C#N)c(F)cc4c3)CCC2C1. The summed E-state index contributed by atoms with van der Waals surface area (Å²) < 4.78 is 28.5. The first-order valence-electron chi connectivity index (χ1n) is 11.4. The maximum absolute atomic E-state index is 14.4. The lowest BCUT2D eigenvalue weighted by Gasteiger charge is -2.42. The summed E-state index contributed by atoms with van der Waals surface area (Å²) in [4.78, 5) is 0. The molecular formula is C26H31F2N. The van der Waals surface area contributed by atoms with Gasteiger partial charge in [0.05, 0.1) is 0 Å². The van der Waals surface area contributed by atoms with Gasteiger partial charge < -0.3 is 0 Å². The van der Waals surface area contributed by atoms with Crippen molar-refractivity contribution in [3.8, 4) is 6.07 Å². The zero-order valence-corrected chi connectivity index (χ0v) is 17.4. The molecule has 4 atom stereocenters. The van der Waals surface area contributed by atoms with E-state index in [1.54, 1.807) is 12.1 Å². The Hall–Kier alpha value is -1.95. The van der Waals surface area contributed by atoms with Crippen molar-refractivity contribution >= 4 is 10.8 Å². The molecule has 1 nitrogen and oxygen atoms in total. The molecule has 2 fully saturated rings. The molecule has 3 heteroatoms. The Morgan fingerprint density at radius 2 is 1.79 bits per heavy atom. The normalized spacial score (nSPS) is 26.8. The molecule has 29 heavy (non-hydrogen) atoms. The van der Waals surface area contributed by atoms with Gasteiger partial charge in [0.1, 0.15) is 17.4 Å². The van der Waals surface area contributed by atoms with Crippen molar-refractivity contribution < 1.29 is 8.78 Å². The van der Waals surface area contributed by atoms with Gasteiger partial charge in [-0.2, -0.15) is 5.26 Å². The fraction of sp³-hybridized carbons (Fsp3) is 0.577. The van der Waals surface area contributed by atoms with E-state index in [2.05, 4.69) is 6.92 Å². The van der Waals surface area contributed by atoms with Crippen LogP contribution in [-0.2, 0) is 0 Å². The summed E-state index contributed by atoms with van der Waals surface area (Å²) in [5, 5.41) is 9.88. The Bertz CT molecular complexity index is 913. The molecule has 2 aromatic carbocycles. The minimum atomic E-state index is -0.764. The van der Waals surface area contributed by atoms with Crippen LogP contribution in [0.1, 0.15) is 88.2 Å². The minimum Gasteiger partial charge on any atom is -0.205 e. The third-order valence-electron chi connectivity index (χ3n) is 7.57. The predicted molar refractivity (Wildman–Crippen MR) is 114 cm³/mol. The maximum atomic E-state index is 14.4. The van der Waals surface area contributed by atoms with Gasteiger partial charge in [-0.3, -0.25) is 0 Å². The van der Waals surface area contributed by atoms with Gasteiger partial charge in [0, 0.05) is 5.39 Å². The number of benzene rings is 2. The van der Waals surface area contributed by atoms with Gasteiger partial charge in [-0.25, -0.2) is 8.78 Å². The molecule has 0 heterocycles. The van der Waals surface area contributed by atoms with Crippen molar-refractivity contribution in [1.29, 1.82) is 5.26 Å². The van der Waals surface area contributed by atoms with Gasteiger partial charge in [0.2, 0.25) is 0 Å². The molecule has 154 valence electrons. The molecule has 0 bridgehead atoms. The van der Waals surface area contributed by atoms with Crippen LogP contribution in [0.2, 0.25) is 0 Å². The minimum absolute atomic E-state index is 0.341. The second-order valence-corrected chi connectivity index (χ2v) is 9.34. The fourth-order valence-electron chi connectivity index (χ4n) is 5.94. The molecule has 0 aromatic heterocycles. The maximum Gasteiger partial charge on any atom is 0.151 e. The van der Waals surface area contributed by atoms with Crippen LogP contribution in [0.3, 0.4) is 0 Å². The van der Waals surface area contributed by atoms with E-state index in [-0.39, 0.29) is 0 Å². The Balaban J connectivity index is 1.46. The molecule has 2 aliphatic rings. The highest BCUT2D eigenvalue weighted by molar-refractivity contribution is 5.85. The summed E-state index contributed by atoms with van der Waals surface area (Å²) in [6, 6.07) is 8.62. The first-order valence-corrected chi connectivity index (χ1v) is 11.4. The van der Waals surface area contributed by atoms with Crippen molar-refractivity contribution in [2.75, 3.05) is 0 Å². The van der Waals surface area contributed by atoms with Crippen LogP contribution in [0.15, 0.2) is 24.3 Å². The zero-order chi connectivity index (χ0) is 20.4. The van der Waals surface area contributed by atoms with E-state index in [1.165, 1.54) is 75.8 Å². The van der Waals surface area contributed by atoms with Crippen LogP contribution in [0.5, 0.6) is 0 Å². The number of nitrogens with zero attached hydrogens (tertiary/aromatic N) is 1. The summed E-state index contributed by atoms with van der Waals surface area (Å²) in [6.45, 7) is 2.27. The Labute approximate surface area is 173 Å². The van der Waals surface area contributed by atoms with Gasteiger partial charge in [-0.1, -0.05) is 57.2 Å². The molecule has 4 rings (SSSR count). The first-order chi connectivity index (χ1) is 14.1. The van der Waals surface area contributed by atoms with E-state index in [9.17, 15) is 8.78 Å². The average Bonchev–Trinajstić information content (AvgIpc) is 2.73. The molecule has 2 aliphatic carbocycles. The van der Waals surface area contributed by atoms with Crippen molar-refractivity contribution in [2.24, 2.45) is 17.8 Å². The van der Waals surface area contributed by atoms with E-state index in [0.29, 0.717) is 16.7 Å². The monoisotopic (exact) mass is 395 g/mol. The van der Waals surface area contributed by atoms with E-state index >= 15 is 0 Å². The lowest BCUT2D eigenvalue weighted by Crippen LogP contribution is -2.30. The van der Waals surface area contributed by atoms with Crippen molar-refractivity contribution in [2.45, 2.75) is 77.0 Å². The molecule has 0 N–H and O–H groups in total. The van der Waals surface area contributed by atoms with Crippen molar-refractivity contribution in [3.05, 3.63) is 47.0 Å². The molecule has 0 saturated heterocycles. The lowest BCUT2D eigenvalue weighted by molar-refractivity contribution is 0.113. The molecule has 2 saturated carbocycles. The van der Waals surface area contributed by atoms with E-state index < -0.39 is 17.2 Å². The van der Waals surface area contributed by atoms with Crippen LogP contribution in [0, 0.1) is 40.7 Å². The van der Waals surface area contributed by atoms with Crippen molar-refractivity contribution in [3.63, 3.8) is 0 Å². The van der Waals surface area contributed by atoms with E-state index in [1.807, 2.05) is 12.1 Å². The summed E-state index contributed by atoms with van der Waals surface area (Å²) in [7, 11) is 0. The summed E-state index contributed by atoms with van der Waals surface area (Å²) in [6.07, 6.45) is 13.3. The molecule has 0 radical (unpaired) electrons. The Morgan fingerprint density at radius 3 is 2.59 bits per heavy atom. The number of nitriles is 1. The molecule has 4 unspecified atom stereocenters. The second kappa shape index (κ2) is 8.82. The third-order valence-corrected chi connectivity index (χ3v) is 7.57. The predicted octanol–water partition coefficient (Wildman–Crippen LogP) is 7.87. The highest BCUT2D eigenvalue weighted by Gasteiger charge is 2.35. The van der Waals surface area contributed by atoms with Gasteiger partial charge in [-0.15, -0.1) is 0 Å². The van der Waals surface area contributed by atoms with Crippen LogP contribution in [-0.4, -0.2) is 0 Å². The smallest absolute Gasteiger partial charge is 0.151 e. The molecular weight excluding hydrogens is 364 g/mol. The second-order valence-electron chi connectivity index (χ2n) is 9.34. The summed E-state index contributed by atoms with van der Waals surface area (Å²) in [5.41, 5.74) is 0.714. The number of hydrogen-bond acceptors (Lipinski definition) is 1. The number of unbranched alkanes of at least 4 members (excludes halogenated alkanes) is 2. The summed E-state index contributed by atoms with van der Waals surface area (Å²) in [5.74, 6) is 1.60. The van der Waals surface area contributed by atoms with E-state index in [0.717, 1.165) is 17.8 Å². The quantitative estimate of drug-likeness (QED) is 0.473. The zero-order valence-electron chi connectivity index (χ0n) is 17.4. The standard InChI is InChI=1S/C26H31F2N/c1-2-3-4-5-17-6-7-19-13-20(9-8-18(19)12-17)21-10-11-23-22(14-21)15-25(27)24(16-29)26(23)28/h10-11,14-15,17-20H,2-9,12-13H2,1H3. The number of hydrogen-bond donors (Lipinski definition) is 0. The molecule has 0 spiro atoms. The highest BCUT2D eigenvalue weighted by Crippen LogP contribution is 2.48. The van der Waals surface area contributed by atoms with Crippen LogP contribution < -0.4 is 0 Å². The highest BCUT2D eigenvalue weighted by atomic mass is 19.1. The Kier molecular flexibility index (Phi) is 6.18. The number of fused-ring (bicyclic) bond motifs is 2. The fourth-order valence-corrected chi connectivity index (χ4v) is 5.94. The number of rotatable bonds is 5. The molecule has 0 aliphatic heterocycles. The third kappa shape index (κ3) is 4.18. The van der Waals surface area contributed by atoms with Gasteiger partial charge in [0.15, 0.2) is 5.82 Å². The molecule has 0 amide bonds.